The maximum Gasteiger partial charge on any atom is 0.272 e. The van der Waals surface area contributed by atoms with Gasteiger partial charge in [0.05, 0.1) is 16.3 Å². The van der Waals surface area contributed by atoms with Gasteiger partial charge in [0.15, 0.2) is 5.69 Å². The third kappa shape index (κ3) is 3.39. The van der Waals surface area contributed by atoms with E-state index in [0.29, 0.717) is 12.2 Å². The van der Waals surface area contributed by atoms with Gasteiger partial charge >= 0.3 is 0 Å². The van der Waals surface area contributed by atoms with E-state index in [0.717, 1.165) is 17.0 Å². The molecule has 2 aromatic heterocycles. The van der Waals surface area contributed by atoms with E-state index in [1.54, 1.807) is 24.4 Å². The molecule has 0 saturated heterocycles. The standard InChI is InChI=1S/C16H16N6O3/c1-10-14(11(2)19-18-10)9-17-16(23)15-6-7-21(20-15)12-4-3-5-13(8-12)22(24)25/h3-8H,9H2,1-2H3,(H,17,23)(H,18,19). The van der Waals surface area contributed by atoms with Crippen molar-refractivity contribution in [2.45, 2.75) is 20.4 Å². The maximum absolute atomic E-state index is 12.3. The number of hydrogen-bond acceptors (Lipinski definition) is 5. The van der Waals surface area contributed by atoms with Gasteiger partial charge in [-0.15, -0.1) is 0 Å². The zero-order valence-corrected chi connectivity index (χ0v) is 13.7. The minimum Gasteiger partial charge on any atom is -0.346 e. The van der Waals surface area contributed by atoms with Crippen molar-refractivity contribution in [2.75, 3.05) is 0 Å². The van der Waals surface area contributed by atoms with Crippen LogP contribution in [0.2, 0.25) is 0 Å². The molecule has 0 fully saturated rings. The topological polar surface area (TPSA) is 119 Å². The molecule has 1 amide bonds. The van der Waals surface area contributed by atoms with Gasteiger partial charge in [-0.25, -0.2) is 4.68 Å². The molecule has 0 spiro atoms. The molecule has 0 saturated carbocycles. The Hall–Kier alpha value is -3.49. The van der Waals surface area contributed by atoms with E-state index >= 15 is 0 Å². The number of carbonyl (C=O) groups excluding carboxylic acids is 1. The molecule has 2 N–H and O–H groups in total. The molecule has 2 heterocycles. The van der Waals surface area contributed by atoms with E-state index in [1.807, 2.05) is 13.8 Å². The normalized spacial score (nSPS) is 10.6. The molecule has 0 aliphatic rings. The van der Waals surface area contributed by atoms with Crippen LogP contribution in [0.3, 0.4) is 0 Å². The third-order valence-electron chi connectivity index (χ3n) is 3.83. The van der Waals surface area contributed by atoms with Crippen molar-refractivity contribution in [2.24, 2.45) is 0 Å². The summed E-state index contributed by atoms with van der Waals surface area (Å²) >= 11 is 0. The van der Waals surface area contributed by atoms with Crippen LogP contribution >= 0.6 is 0 Å². The van der Waals surface area contributed by atoms with Gasteiger partial charge in [0, 0.05) is 36.1 Å². The van der Waals surface area contributed by atoms with Crippen LogP contribution in [0.25, 0.3) is 5.69 Å². The van der Waals surface area contributed by atoms with Crippen molar-refractivity contribution >= 4 is 11.6 Å². The van der Waals surface area contributed by atoms with Gasteiger partial charge in [-0.1, -0.05) is 6.07 Å². The number of nitro benzene ring substituents is 1. The summed E-state index contributed by atoms with van der Waals surface area (Å²) in [6.45, 7) is 4.09. The third-order valence-corrected chi connectivity index (χ3v) is 3.83. The van der Waals surface area contributed by atoms with Gasteiger partial charge in [-0.2, -0.15) is 10.2 Å². The first-order chi connectivity index (χ1) is 12.0. The van der Waals surface area contributed by atoms with E-state index < -0.39 is 4.92 Å². The van der Waals surface area contributed by atoms with Gasteiger partial charge in [0.2, 0.25) is 0 Å². The lowest BCUT2D eigenvalue weighted by molar-refractivity contribution is -0.384. The Kier molecular flexibility index (Phi) is 4.29. The number of non-ortho nitro benzene ring substituents is 1. The van der Waals surface area contributed by atoms with E-state index in [2.05, 4.69) is 20.6 Å². The second kappa shape index (κ2) is 6.56. The van der Waals surface area contributed by atoms with E-state index in [9.17, 15) is 14.9 Å². The molecule has 25 heavy (non-hydrogen) atoms. The van der Waals surface area contributed by atoms with Crippen molar-refractivity contribution < 1.29 is 9.72 Å². The second-order valence-electron chi connectivity index (χ2n) is 5.52. The average molecular weight is 340 g/mol. The van der Waals surface area contributed by atoms with Gasteiger partial charge in [0.1, 0.15) is 0 Å². The lowest BCUT2D eigenvalue weighted by Crippen LogP contribution is -2.24. The zero-order chi connectivity index (χ0) is 18.0. The molecule has 0 aliphatic carbocycles. The predicted octanol–water partition coefficient (Wildman–Crippen LogP) is 2.05. The molecule has 3 aromatic rings. The highest BCUT2D eigenvalue weighted by Gasteiger charge is 2.13. The number of benzene rings is 1. The fourth-order valence-corrected chi connectivity index (χ4v) is 2.43. The van der Waals surface area contributed by atoms with Crippen LogP contribution in [0, 0.1) is 24.0 Å². The molecular weight excluding hydrogens is 324 g/mol. The van der Waals surface area contributed by atoms with Gasteiger partial charge < -0.3 is 5.32 Å². The number of nitrogens with zero attached hydrogens (tertiary/aromatic N) is 4. The summed E-state index contributed by atoms with van der Waals surface area (Å²) in [6.07, 6.45) is 1.59. The fourth-order valence-electron chi connectivity index (χ4n) is 2.43. The lowest BCUT2D eigenvalue weighted by atomic mass is 10.2. The molecule has 3 rings (SSSR count). The largest absolute Gasteiger partial charge is 0.346 e. The number of nitrogens with one attached hydrogen (secondary N) is 2. The Morgan fingerprint density at radius 3 is 2.84 bits per heavy atom. The molecule has 9 nitrogen and oxygen atoms in total. The fraction of sp³-hybridized carbons (Fsp3) is 0.188. The van der Waals surface area contributed by atoms with Crippen molar-refractivity contribution in [1.29, 1.82) is 0 Å². The number of hydrogen-bond donors (Lipinski definition) is 2. The van der Waals surface area contributed by atoms with Crippen LogP contribution in [0.4, 0.5) is 5.69 Å². The number of carbonyl (C=O) groups is 1. The smallest absolute Gasteiger partial charge is 0.272 e. The Labute approximate surface area is 142 Å². The number of aryl methyl sites for hydroxylation is 2. The van der Waals surface area contributed by atoms with Crippen molar-refractivity contribution in [3.8, 4) is 5.69 Å². The van der Waals surface area contributed by atoms with Gasteiger partial charge in [0.25, 0.3) is 11.6 Å². The number of rotatable bonds is 5. The van der Waals surface area contributed by atoms with Crippen molar-refractivity contribution in [1.82, 2.24) is 25.3 Å². The SMILES string of the molecule is Cc1n[nH]c(C)c1CNC(=O)c1ccn(-c2cccc([N+](=O)[O-])c2)n1. The van der Waals surface area contributed by atoms with Crippen LogP contribution < -0.4 is 5.32 Å². The number of aromatic amines is 1. The summed E-state index contributed by atoms with van der Waals surface area (Å²) in [5.41, 5.74) is 3.37. The lowest BCUT2D eigenvalue weighted by Gasteiger charge is -2.04. The monoisotopic (exact) mass is 340 g/mol. The molecule has 1 aromatic carbocycles. The predicted molar refractivity (Wildman–Crippen MR) is 89.5 cm³/mol. The van der Waals surface area contributed by atoms with Crippen LogP contribution in [-0.2, 0) is 6.54 Å². The average Bonchev–Trinajstić information content (AvgIpc) is 3.21. The highest BCUT2D eigenvalue weighted by Crippen LogP contribution is 2.16. The highest BCUT2D eigenvalue weighted by molar-refractivity contribution is 5.92. The number of aromatic nitrogens is 4. The summed E-state index contributed by atoms with van der Waals surface area (Å²) in [4.78, 5) is 22.6. The highest BCUT2D eigenvalue weighted by atomic mass is 16.6. The van der Waals surface area contributed by atoms with E-state index in [4.69, 9.17) is 0 Å². The molecule has 0 atom stereocenters. The molecular formula is C16H16N6O3. The minimum atomic E-state index is -0.476. The Balaban J connectivity index is 1.74. The quantitative estimate of drug-likeness (QED) is 0.544. The molecule has 128 valence electrons. The number of H-pyrrole nitrogens is 1. The van der Waals surface area contributed by atoms with Crippen LogP contribution in [0.15, 0.2) is 36.5 Å². The summed E-state index contributed by atoms with van der Waals surface area (Å²) in [6, 6.07) is 7.60. The first kappa shape index (κ1) is 16.4. The summed E-state index contributed by atoms with van der Waals surface area (Å²) in [7, 11) is 0. The maximum atomic E-state index is 12.3. The van der Waals surface area contributed by atoms with Crippen molar-refractivity contribution in [3.63, 3.8) is 0 Å². The molecule has 9 heteroatoms. The summed E-state index contributed by atoms with van der Waals surface area (Å²) in [5, 5.41) is 24.8. The van der Waals surface area contributed by atoms with E-state index in [-0.39, 0.29) is 17.3 Å². The van der Waals surface area contributed by atoms with Crippen LogP contribution in [0.5, 0.6) is 0 Å². The van der Waals surface area contributed by atoms with Crippen LogP contribution in [0.1, 0.15) is 27.4 Å². The Morgan fingerprint density at radius 2 is 2.16 bits per heavy atom. The summed E-state index contributed by atoms with van der Waals surface area (Å²) in [5.74, 6) is -0.329. The van der Waals surface area contributed by atoms with E-state index in [1.165, 1.54) is 16.8 Å². The summed E-state index contributed by atoms with van der Waals surface area (Å²) < 4.78 is 1.43. The molecule has 0 radical (unpaired) electrons. The minimum absolute atomic E-state index is 0.0371. The first-order valence-corrected chi connectivity index (χ1v) is 7.55. The Bertz CT molecular complexity index is 924. The van der Waals surface area contributed by atoms with Gasteiger partial charge in [-0.3, -0.25) is 20.0 Å². The zero-order valence-electron chi connectivity index (χ0n) is 13.7. The second-order valence-corrected chi connectivity index (χ2v) is 5.52. The Morgan fingerprint density at radius 1 is 1.36 bits per heavy atom. The first-order valence-electron chi connectivity index (χ1n) is 7.55. The number of amides is 1. The van der Waals surface area contributed by atoms with Crippen LogP contribution in [-0.4, -0.2) is 30.8 Å². The van der Waals surface area contributed by atoms with Crippen molar-refractivity contribution in [3.05, 3.63) is 69.3 Å². The van der Waals surface area contributed by atoms with Gasteiger partial charge in [-0.05, 0) is 26.0 Å². The molecule has 0 bridgehead atoms. The molecule has 0 aliphatic heterocycles. The molecule has 0 unspecified atom stereocenters. The number of nitro groups is 1.